The highest BCUT2D eigenvalue weighted by molar-refractivity contribution is 7.89. The smallest absolute Gasteiger partial charge is 0.240 e. The van der Waals surface area contributed by atoms with Gasteiger partial charge in [-0.3, -0.25) is 0 Å². The molecule has 5 heteroatoms. The van der Waals surface area contributed by atoms with Gasteiger partial charge in [-0.25, -0.2) is 13.1 Å². The van der Waals surface area contributed by atoms with E-state index in [9.17, 15) is 8.42 Å². The molecule has 0 atom stereocenters. The van der Waals surface area contributed by atoms with Gasteiger partial charge in [0.15, 0.2) is 0 Å². The second-order valence-corrected chi connectivity index (χ2v) is 6.71. The molecule has 0 radical (unpaired) electrons. The molecule has 0 aromatic heterocycles. The first-order chi connectivity index (χ1) is 8.33. The van der Waals surface area contributed by atoms with Crippen molar-refractivity contribution in [1.82, 2.24) is 4.72 Å². The fourth-order valence-corrected chi connectivity index (χ4v) is 3.12. The van der Waals surface area contributed by atoms with Gasteiger partial charge in [-0.1, -0.05) is 12.1 Å². The van der Waals surface area contributed by atoms with Gasteiger partial charge in [-0.2, -0.15) is 0 Å². The number of hydrogen-bond acceptors (Lipinski definition) is 2. The molecule has 0 saturated carbocycles. The van der Waals surface area contributed by atoms with E-state index in [4.69, 9.17) is 0 Å². The van der Waals surface area contributed by atoms with E-state index in [2.05, 4.69) is 18.8 Å². The van der Waals surface area contributed by atoms with Crippen molar-refractivity contribution in [2.24, 2.45) is 0 Å². The predicted octanol–water partition coefficient (Wildman–Crippen LogP) is 0.116. The highest BCUT2D eigenvalue weighted by Crippen LogP contribution is 2.16. The monoisotopic (exact) mass is 271 g/mol. The van der Waals surface area contributed by atoms with Gasteiger partial charge in [0.25, 0.3) is 0 Å². The van der Waals surface area contributed by atoms with Gasteiger partial charge in [0.2, 0.25) is 10.0 Å². The summed E-state index contributed by atoms with van der Waals surface area (Å²) in [6.45, 7) is 5.15. The lowest BCUT2D eigenvalue weighted by molar-refractivity contribution is -0.858. The van der Waals surface area contributed by atoms with Crippen LogP contribution in [0.5, 0.6) is 0 Å². The van der Waals surface area contributed by atoms with Crippen LogP contribution < -0.4 is 9.62 Å². The van der Waals surface area contributed by atoms with Crippen molar-refractivity contribution >= 4 is 10.0 Å². The van der Waals surface area contributed by atoms with Crippen molar-refractivity contribution < 1.29 is 13.3 Å². The first-order valence-electron chi connectivity index (χ1n) is 6.19. The fourth-order valence-electron chi connectivity index (χ4n) is 1.72. The zero-order chi connectivity index (χ0) is 13.8. The molecular formula is C13H23N2O2S+. The first-order valence-corrected chi connectivity index (χ1v) is 7.67. The minimum atomic E-state index is -3.37. The summed E-state index contributed by atoms with van der Waals surface area (Å²) < 4.78 is 26.9. The number of quaternary nitrogens is 1. The van der Waals surface area contributed by atoms with Gasteiger partial charge < -0.3 is 4.90 Å². The average Bonchev–Trinajstić information content (AvgIpc) is 2.27. The van der Waals surface area contributed by atoms with E-state index in [1.54, 1.807) is 6.07 Å². The van der Waals surface area contributed by atoms with Gasteiger partial charge in [0.1, 0.15) is 0 Å². The predicted molar refractivity (Wildman–Crippen MR) is 73.4 cm³/mol. The molecule has 2 N–H and O–H groups in total. The van der Waals surface area contributed by atoms with E-state index in [1.807, 2.05) is 26.0 Å². The van der Waals surface area contributed by atoms with Crippen LogP contribution in [0.4, 0.5) is 0 Å². The summed E-state index contributed by atoms with van der Waals surface area (Å²) in [5.74, 6) is 0. The third-order valence-electron chi connectivity index (χ3n) is 2.78. The summed E-state index contributed by atoms with van der Waals surface area (Å²) in [5.41, 5.74) is 1.74. The molecule has 4 nitrogen and oxygen atoms in total. The largest absolute Gasteiger partial charge is 0.340 e. The molecule has 1 rings (SSSR count). The lowest BCUT2D eigenvalue weighted by Gasteiger charge is -2.11. The highest BCUT2D eigenvalue weighted by Gasteiger charge is 2.16. The molecular weight excluding hydrogens is 248 g/mol. The molecule has 0 bridgehead atoms. The van der Waals surface area contributed by atoms with Crippen LogP contribution in [0.3, 0.4) is 0 Å². The summed E-state index contributed by atoms with van der Waals surface area (Å²) in [6.07, 6.45) is 0.840. The van der Waals surface area contributed by atoms with Crippen LogP contribution in [0.2, 0.25) is 0 Å². The number of aryl methyl sites for hydroxylation is 2. The number of rotatable bonds is 6. The van der Waals surface area contributed by atoms with Crippen LogP contribution in [-0.4, -0.2) is 35.6 Å². The number of benzene rings is 1. The summed E-state index contributed by atoms with van der Waals surface area (Å²) in [7, 11) is 0.739. The number of sulfonamides is 1. The topological polar surface area (TPSA) is 50.6 Å². The summed E-state index contributed by atoms with van der Waals surface area (Å²) in [5, 5.41) is 0. The molecule has 102 valence electrons. The molecule has 0 saturated heterocycles. The number of hydrogen-bond donors (Lipinski definition) is 2. The Bertz CT molecular complexity index is 496. The summed E-state index contributed by atoms with van der Waals surface area (Å²) in [6, 6.07) is 5.48. The maximum Gasteiger partial charge on any atom is 0.240 e. The summed E-state index contributed by atoms with van der Waals surface area (Å²) in [4.78, 5) is 1.71. The summed E-state index contributed by atoms with van der Waals surface area (Å²) >= 11 is 0. The highest BCUT2D eigenvalue weighted by atomic mass is 32.2. The van der Waals surface area contributed by atoms with Crippen molar-refractivity contribution in [3.8, 4) is 0 Å². The molecule has 0 spiro atoms. The van der Waals surface area contributed by atoms with Crippen molar-refractivity contribution in [3.63, 3.8) is 0 Å². The van der Waals surface area contributed by atoms with Crippen molar-refractivity contribution in [2.75, 3.05) is 27.2 Å². The molecule has 0 aliphatic rings. The maximum atomic E-state index is 12.1. The van der Waals surface area contributed by atoms with Gasteiger partial charge >= 0.3 is 0 Å². The Morgan fingerprint density at radius 1 is 1.22 bits per heavy atom. The Balaban J connectivity index is 2.71. The molecule has 0 unspecified atom stereocenters. The normalized spacial score (nSPS) is 12.1. The Kier molecular flexibility index (Phi) is 5.31. The lowest BCUT2D eigenvalue weighted by atomic mass is 10.2. The minimum absolute atomic E-state index is 0.389. The third kappa shape index (κ3) is 4.40. The maximum absolute atomic E-state index is 12.1. The van der Waals surface area contributed by atoms with Gasteiger partial charge in [0.05, 0.1) is 25.5 Å². The Morgan fingerprint density at radius 2 is 1.89 bits per heavy atom. The molecule has 18 heavy (non-hydrogen) atoms. The van der Waals surface area contributed by atoms with E-state index in [-0.39, 0.29) is 0 Å². The van der Waals surface area contributed by atoms with Gasteiger partial charge in [-0.05, 0) is 31.0 Å². The van der Waals surface area contributed by atoms with Gasteiger partial charge in [-0.15, -0.1) is 0 Å². The molecule has 1 aromatic rings. The molecule has 0 fully saturated rings. The van der Waals surface area contributed by atoms with E-state index >= 15 is 0 Å². The number of nitrogens with one attached hydrogen (secondary N) is 2. The fraction of sp³-hybridized carbons (Fsp3) is 0.538. The Morgan fingerprint density at radius 3 is 2.50 bits per heavy atom. The van der Waals surface area contributed by atoms with Crippen LogP contribution in [0, 0.1) is 13.8 Å². The molecule has 0 amide bonds. The third-order valence-corrected chi connectivity index (χ3v) is 4.38. The van der Waals surface area contributed by atoms with E-state index in [0.29, 0.717) is 11.4 Å². The Hall–Kier alpha value is -0.910. The molecule has 0 aliphatic carbocycles. The molecule has 1 aromatic carbocycles. The molecule has 0 aliphatic heterocycles. The van der Waals surface area contributed by atoms with Crippen molar-refractivity contribution in [2.45, 2.75) is 25.2 Å². The lowest BCUT2D eigenvalue weighted by Crippen LogP contribution is -3.05. The first kappa shape index (κ1) is 15.1. The standard InChI is InChI=1S/C13H22N2O2S/c1-11-6-7-12(2)13(10-11)18(16,17)14-8-5-9-15(3)4/h6-7,10,14H,5,8-9H2,1-4H3/p+1. The van der Waals surface area contributed by atoms with E-state index in [1.165, 1.54) is 4.90 Å². The van der Waals surface area contributed by atoms with Crippen LogP contribution in [0.1, 0.15) is 17.5 Å². The second-order valence-electron chi connectivity index (χ2n) is 4.98. The van der Waals surface area contributed by atoms with Crippen molar-refractivity contribution in [1.29, 1.82) is 0 Å². The van der Waals surface area contributed by atoms with E-state index in [0.717, 1.165) is 24.1 Å². The second kappa shape index (κ2) is 6.31. The van der Waals surface area contributed by atoms with Crippen LogP contribution in [-0.2, 0) is 10.0 Å². The average molecular weight is 271 g/mol. The van der Waals surface area contributed by atoms with E-state index < -0.39 is 10.0 Å². The SMILES string of the molecule is Cc1ccc(C)c(S(=O)(=O)NCCC[NH+](C)C)c1. The van der Waals surface area contributed by atoms with Crippen molar-refractivity contribution in [3.05, 3.63) is 29.3 Å². The Labute approximate surface area is 110 Å². The molecule has 0 heterocycles. The zero-order valence-corrected chi connectivity index (χ0v) is 12.4. The zero-order valence-electron chi connectivity index (χ0n) is 11.6. The van der Waals surface area contributed by atoms with Crippen LogP contribution in [0.15, 0.2) is 23.1 Å². The van der Waals surface area contributed by atoms with Crippen LogP contribution >= 0.6 is 0 Å². The van der Waals surface area contributed by atoms with Crippen LogP contribution in [0.25, 0.3) is 0 Å². The minimum Gasteiger partial charge on any atom is -0.340 e. The quantitative estimate of drug-likeness (QED) is 0.722. The van der Waals surface area contributed by atoms with Gasteiger partial charge in [0, 0.05) is 13.0 Å².